The summed E-state index contributed by atoms with van der Waals surface area (Å²) in [6, 6.07) is 8.98. The van der Waals surface area contributed by atoms with Crippen molar-refractivity contribution in [3.8, 4) is 0 Å². The summed E-state index contributed by atoms with van der Waals surface area (Å²) in [6.45, 7) is 7.14. The largest absolute Gasteiger partial charge is 0.398 e. The number of carbonyl (C=O) groups is 1. The Bertz CT molecular complexity index is 481. The highest BCUT2D eigenvalue weighted by Gasteiger charge is 2.12. The van der Waals surface area contributed by atoms with Gasteiger partial charge in [-0.05, 0) is 12.2 Å². The molecule has 0 unspecified atom stereocenters. The van der Waals surface area contributed by atoms with Crippen LogP contribution in [0.3, 0.4) is 0 Å². The molecule has 0 aliphatic heterocycles. The van der Waals surface area contributed by atoms with Gasteiger partial charge in [-0.15, -0.1) is 0 Å². The smallest absolute Gasteiger partial charge is 0.195 e. The van der Waals surface area contributed by atoms with E-state index in [1.165, 1.54) is 0 Å². The Morgan fingerprint density at radius 1 is 1.06 bits per heavy atom. The lowest BCUT2D eigenvalue weighted by molar-refractivity contribution is 0.103. The molecule has 0 bridgehead atoms. The van der Waals surface area contributed by atoms with Crippen LogP contribution in [0.1, 0.15) is 10.4 Å². The molecule has 17 heavy (non-hydrogen) atoms. The number of allylic oxidation sites excluding steroid dienone is 5. The van der Waals surface area contributed by atoms with Gasteiger partial charge in [-0.25, -0.2) is 0 Å². The molecular weight excluding hydrogens is 210 g/mol. The van der Waals surface area contributed by atoms with E-state index in [4.69, 9.17) is 5.73 Å². The molecule has 0 saturated heterocycles. The van der Waals surface area contributed by atoms with Crippen LogP contribution < -0.4 is 5.73 Å². The minimum absolute atomic E-state index is 0.124. The molecule has 0 aromatic heterocycles. The van der Waals surface area contributed by atoms with Crippen molar-refractivity contribution in [3.63, 3.8) is 0 Å². The van der Waals surface area contributed by atoms with Gasteiger partial charge in [0.25, 0.3) is 0 Å². The van der Waals surface area contributed by atoms with Gasteiger partial charge in [-0.2, -0.15) is 0 Å². The van der Waals surface area contributed by atoms with Gasteiger partial charge in [0.05, 0.1) is 0 Å². The quantitative estimate of drug-likeness (QED) is 0.475. The number of carbonyl (C=O) groups excluding carboxylic acids is 1. The topological polar surface area (TPSA) is 43.1 Å². The van der Waals surface area contributed by atoms with Crippen LogP contribution in [-0.2, 0) is 0 Å². The second kappa shape index (κ2) is 6.28. The average molecular weight is 225 g/mol. The summed E-state index contributed by atoms with van der Waals surface area (Å²) in [4.78, 5) is 12.2. The molecule has 0 fully saturated rings. The number of nitrogens with two attached hydrogens (primary N) is 1. The minimum Gasteiger partial charge on any atom is -0.398 e. The molecule has 0 aliphatic carbocycles. The third-order valence-corrected chi connectivity index (χ3v) is 2.17. The first-order chi connectivity index (χ1) is 8.20. The van der Waals surface area contributed by atoms with Crippen molar-refractivity contribution in [3.05, 3.63) is 84.6 Å². The maximum atomic E-state index is 12.2. The van der Waals surface area contributed by atoms with Crippen LogP contribution >= 0.6 is 0 Å². The van der Waals surface area contributed by atoms with Crippen molar-refractivity contribution in [1.29, 1.82) is 0 Å². The predicted molar refractivity (Wildman–Crippen MR) is 71.5 cm³/mol. The monoisotopic (exact) mass is 225 g/mol. The molecule has 0 amide bonds. The van der Waals surface area contributed by atoms with Crippen LogP contribution in [0.25, 0.3) is 0 Å². The first-order valence-corrected chi connectivity index (χ1v) is 5.21. The lowest BCUT2D eigenvalue weighted by atomic mass is 10.0. The molecule has 86 valence electrons. The molecule has 0 aliphatic rings. The third kappa shape index (κ3) is 3.31. The highest BCUT2D eigenvalue weighted by atomic mass is 16.1. The molecule has 1 aromatic carbocycles. The van der Waals surface area contributed by atoms with E-state index >= 15 is 0 Å². The van der Waals surface area contributed by atoms with E-state index in [9.17, 15) is 4.79 Å². The Morgan fingerprint density at radius 2 is 1.65 bits per heavy atom. The summed E-state index contributed by atoms with van der Waals surface area (Å²) in [5.74, 6) is -0.124. The van der Waals surface area contributed by atoms with Gasteiger partial charge < -0.3 is 5.73 Å². The number of hydrogen-bond acceptors (Lipinski definition) is 2. The average Bonchev–Trinajstić information content (AvgIpc) is 2.36. The lowest BCUT2D eigenvalue weighted by Gasteiger charge is -2.06. The van der Waals surface area contributed by atoms with E-state index < -0.39 is 0 Å². The Morgan fingerprint density at radius 3 is 2.18 bits per heavy atom. The Kier molecular flexibility index (Phi) is 4.70. The summed E-state index contributed by atoms with van der Waals surface area (Å²) >= 11 is 0. The molecule has 2 N–H and O–H groups in total. The van der Waals surface area contributed by atoms with Gasteiger partial charge in [0, 0.05) is 16.8 Å². The molecule has 2 nitrogen and oxygen atoms in total. The first kappa shape index (κ1) is 12.7. The van der Waals surface area contributed by atoms with E-state index in [0.717, 1.165) is 0 Å². The van der Waals surface area contributed by atoms with E-state index in [1.54, 1.807) is 36.4 Å². The molecule has 0 heterocycles. The van der Waals surface area contributed by atoms with E-state index in [1.807, 2.05) is 18.2 Å². The Labute approximate surface area is 101 Å². The lowest BCUT2D eigenvalue weighted by Crippen LogP contribution is -2.11. The number of benzene rings is 1. The second-order valence-corrected chi connectivity index (χ2v) is 3.37. The van der Waals surface area contributed by atoms with Crippen LogP contribution in [0.5, 0.6) is 0 Å². The fraction of sp³-hybridized carbons (Fsp3) is 0. The summed E-state index contributed by atoms with van der Waals surface area (Å²) in [5, 5.41) is 0. The zero-order chi connectivity index (χ0) is 12.7. The van der Waals surface area contributed by atoms with Gasteiger partial charge in [0.2, 0.25) is 0 Å². The molecule has 0 radical (unpaired) electrons. The molecule has 1 rings (SSSR count). The molecule has 0 spiro atoms. The molecule has 0 saturated carbocycles. The van der Waals surface area contributed by atoms with Gasteiger partial charge in [-0.3, -0.25) is 4.79 Å². The minimum atomic E-state index is -0.124. The van der Waals surface area contributed by atoms with E-state index in [2.05, 4.69) is 13.2 Å². The fourth-order valence-corrected chi connectivity index (χ4v) is 1.38. The third-order valence-electron chi connectivity index (χ3n) is 2.17. The van der Waals surface area contributed by atoms with E-state index in [-0.39, 0.29) is 5.78 Å². The highest BCUT2D eigenvalue weighted by Crippen LogP contribution is 2.13. The van der Waals surface area contributed by atoms with Gasteiger partial charge in [-0.1, -0.05) is 55.6 Å². The Hall–Kier alpha value is -2.35. The highest BCUT2D eigenvalue weighted by molar-refractivity contribution is 6.11. The van der Waals surface area contributed by atoms with Gasteiger partial charge >= 0.3 is 0 Å². The summed E-state index contributed by atoms with van der Waals surface area (Å²) in [6.07, 6.45) is 6.28. The van der Waals surface area contributed by atoms with Crippen LogP contribution in [-0.4, -0.2) is 5.78 Å². The summed E-state index contributed by atoms with van der Waals surface area (Å²) in [7, 11) is 0. The second-order valence-electron chi connectivity index (χ2n) is 3.37. The molecular formula is C15H15NO. The van der Waals surface area contributed by atoms with Crippen LogP contribution in [0.4, 0.5) is 0 Å². The predicted octanol–water partition coefficient (Wildman–Crippen LogP) is 3.01. The zero-order valence-electron chi connectivity index (χ0n) is 9.60. The SMILES string of the molecule is C=C/C=C(N)\C(=C/C=C)C(=O)c1ccccc1. The molecule has 1 aromatic rings. The summed E-state index contributed by atoms with van der Waals surface area (Å²) in [5.41, 5.74) is 7.21. The number of rotatable bonds is 5. The standard InChI is InChI=1S/C15H15NO/c1-3-8-13(14(16)9-4-2)15(17)12-10-6-5-7-11-12/h3-11H,1-2,16H2/b13-8+,14-9+. The molecule has 0 atom stereocenters. The van der Waals surface area contributed by atoms with Crippen molar-refractivity contribution >= 4 is 5.78 Å². The van der Waals surface area contributed by atoms with Crippen LogP contribution in [0.15, 0.2) is 79.1 Å². The van der Waals surface area contributed by atoms with Crippen molar-refractivity contribution in [2.75, 3.05) is 0 Å². The number of ketones is 1. The van der Waals surface area contributed by atoms with Crippen LogP contribution in [0, 0.1) is 0 Å². The fourth-order valence-electron chi connectivity index (χ4n) is 1.38. The number of hydrogen-bond donors (Lipinski definition) is 1. The number of Topliss-reactive ketones (excluding diaryl/α,β-unsaturated/α-hetero) is 1. The van der Waals surface area contributed by atoms with E-state index in [0.29, 0.717) is 16.8 Å². The van der Waals surface area contributed by atoms with Crippen molar-refractivity contribution < 1.29 is 4.79 Å². The zero-order valence-corrected chi connectivity index (χ0v) is 9.60. The van der Waals surface area contributed by atoms with Crippen LogP contribution in [0.2, 0.25) is 0 Å². The van der Waals surface area contributed by atoms with Crippen molar-refractivity contribution in [2.45, 2.75) is 0 Å². The maximum Gasteiger partial charge on any atom is 0.195 e. The first-order valence-electron chi connectivity index (χ1n) is 5.21. The van der Waals surface area contributed by atoms with Gasteiger partial charge in [0.15, 0.2) is 5.78 Å². The van der Waals surface area contributed by atoms with Crippen molar-refractivity contribution in [2.24, 2.45) is 5.73 Å². The normalized spacial score (nSPS) is 12.0. The van der Waals surface area contributed by atoms with Crippen molar-refractivity contribution in [1.82, 2.24) is 0 Å². The summed E-state index contributed by atoms with van der Waals surface area (Å²) < 4.78 is 0. The van der Waals surface area contributed by atoms with Gasteiger partial charge in [0.1, 0.15) is 0 Å². The molecule has 2 heteroatoms. The Balaban J connectivity index is 3.14. The maximum absolute atomic E-state index is 12.2.